The predicted octanol–water partition coefficient (Wildman–Crippen LogP) is 2.01. The lowest BCUT2D eigenvalue weighted by molar-refractivity contribution is 0.573. The molecule has 0 aliphatic carbocycles. The van der Waals surface area contributed by atoms with Crippen molar-refractivity contribution >= 4 is 23.0 Å². The van der Waals surface area contributed by atoms with Crippen LogP contribution in [0.3, 0.4) is 0 Å². The summed E-state index contributed by atoms with van der Waals surface area (Å²) < 4.78 is 0. The Morgan fingerprint density at radius 3 is 2.62 bits per heavy atom. The fraction of sp³-hybridized carbons (Fsp3) is 0.500. The quantitative estimate of drug-likeness (QED) is 0.796. The number of hydrogen-bond acceptors (Lipinski definition) is 3. The fourth-order valence-corrected chi connectivity index (χ4v) is 2.24. The Kier molecular flexibility index (Phi) is 3.39. The maximum absolute atomic E-state index is 5.74. The minimum atomic E-state index is 0.438. The van der Waals surface area contributed by atoms with E-state index in [-0.39, 0.29) is 0 Å². The van der Waals surface area contributed by atoms with Gasteiger partial charge < -0.3 is 10.6 Å². The van der Waals surface area contributed by atoms with E-state index < -0.39 is 0 Å². The average Bonchev–Trinajstić information content (AvgIpc) is 2.29. The van der Waals surface area contributed by atoms with Gasteiger partial charge in [-0.1, -0.05) is 12.2 Å². The van der Waals surface area contributed by atoms with Crippen molar-refractivity contribution in [3.63, 3.8) is 0 Å². The van der Waals surface area contributed by atoms with Crippen LogP contribution in [0, 0.1) is 6.92 Å². The summed E-state index contributed by atoms with van der Waals surface area (Å²) in [6.45, 7) is 4.12. The van der Waals surface area contributed by atoms with Crippen molar-refractivity contribution < 1.29 is 0 Å². The molecule has 0 radical (unpaired) electrons. The van der Waals surface area contributed by atoms with Crippen LogP contribution in [0.25, 0.3) is 0 Å². The molecule has 3 nitrogen and oxygen atoms in total. The number of piperidine rings is 1. The molecule has 1 aromatic heterocycles. The summed E-state index contributed by atoms with van der Waals surface area (Å²) in [4.78, 5) is 7.31. The highest BCUT2D eigenvalue weighted by Crippen LogP contribution is 2.22. The van der Waals surface area contributed by atoms with E-state index in [0.717, 1.165) is 30.2 Å². The van der Waals surface area contributed by atoms with E-state index >= 15 is 0 Å². The van der Waals surface area contributed by atoms with Gasteiger partial charge in [-0.25, -0.2) is 4.98 Å². The number of aryl methyl sites for hydroxylation is 1. The number of nitrogens with two attached hydrogens (primary N) is 1. The van der Waals surface area contributed by atoms with Gasteiger partial charge in [0.15, 0.2) is 0 Å². The number of rotatable bonds is 2. The largest absolute Gasteiger partial charge is 0.389 e. The van der Waals surface area contributed by atoms with Crippen LogP contribution < -0.4 is 10.6 Å². The summed E-state index contributed by atoms with van der Waals surface area (Å²) in [7, 11) is 0. The van der Waals surface area contributed by atoms with Crippen molar-refractivity contribution in [3.8, 4) is 0 Å². The first-order chi connectivity index (χ1) is 7.68. The van der Waals surface area contributed by atoms with Crippen molar-refractivity contribution in [3.05, 3.63) is 23.4 Å². The number of anilines is 1. The van der Waals surface area contributed by atoms with Crippen molar-refractivity contribution in [1.82, 2.24) is 4.98 Å². The fourth-order valence-electron chi connectivity index (χ4n) is 2.08. The lowest BCUT2D eigenvalue weighted by Gasteiger charge is -2.29. The Balaban J connectivity index is 2.36. The van der Waals surface area contributed by atoms with Crippen LogP contribution in [-0.2, 0) is 0 Å². The van der Waals surface area contributed by atoms with Gasteiger partial charge in [-0.2, -0.15) is 0 Å². The Morgan fingerprint density at radius 2 is 2.00 bits per heavy atom. The van der Waals surface area contributed by atoms with E-state index in [1.807, 2.05) is 19.1 Å². The first-order valence-corrected chi connectivity index (χ1v) is 6.12. The standard InChI is InChI=1S/C12H17N3S/c1-9-5-6-10(11(13)16)12(14-9)15-7-3-2-4-8-15/h5-6H,2-4,7-8H2,1H3,(H2,13,16). The predicted molar refractivity (Wildman–Crippen MR) is 70.9 cm³/mol. The molecule has 1 saturated heterocycles. The number of aromatic nitrogens is 1. The summed E-state index contributed by atoms with van der Waals surface area (Å²) in [5.74, 6) is 0.965. The average molecular weight is 235 g/mol. The summed E-state index contributed by atoms with van der Waals surface area (Å²) >= 11 is 5.07. The molecular weight excluding hydrogens is 218 g/mol. The van der Waals surface area contributed by atoms with Gasteiger partial charge in [0.2, 0.25) is 0 Å². The molecule has 0 aromatic carbocycles. The molecule has 0 spiro atoms. The van der Waals surface area contributed by atoms with Gasteiger partial charge in [0, 0.05) is 18.8 Å². The second-order valence-electron chi connectivity index (χ2n) is 4.24. The molecule has 2 rings (SSSR count). The van der Waals surface area contributed by atoms with E-state index in [1.54, 1.807) is 0 Å². The van der Waals surface area contributed by atoms with Crippen LogP contribution in [0.4, 0.5) is 5.82 Å². The Bertz CT molecular complexity index is 397. The van der Waals surface area contributed by atoms with Crippen molar-refractivity contribution in [1.29, 1.82) is 0 Å². The van der Waals surface area contributed by atoms with Gasteiger partial charge in [0.1, 0.15) is 10.8 Å². The van der Waals surface area contributed by atoms with Gasteiger partial charge in [0.05, 0.1) is 5.56 Å². The van der Waals surface area contributed by atoms with Crippen molar-refractivity contribution in [2.75, 3.05) is 18.0 Å². The third-order valence-electron chi connectivity index (χ3n) is 2.94. The van der Waals surface area contributed by atoms with Crippen molar-refractivity contribution in [2.24, 2.45) is 5.73 Å². The van der Waals surface area contributed by atoms with Crippen LogP contribution >= 0.6 is 12.2 Å². The van der Waals surface area contributed by atoms with E-state index in [9.17, 15) is 0 Å². The Labute approximate surface area is 102 Å². The summed E-state index contributed by atoms with van der Waals surface area (Å²) in [6.07, 6.45) is 3.77. The van der Waals surface area contributed by atoms with Crippen LogP contribution in [0.2, 0.25) is 0 Å². The summed E-state index contributed by atoms with van der Waals surface area (Å²) in [5, 5.41) is 0. The van der Waals surface area contributed by atoms with Gasteiger partial charge in [-0.15, -0.1) is 0 Å². The normalized spacial score (nSPS) is 16.2. The number of pyridine rings is 1. The summed E-state index contributed by atoms with van der Waals surface area (Å²) in [5.41, 5.74) is 7.66. The molecule has 1 aromatic rings. The zero-order valence-corrected chi connectivity index (χ0v) is 10.4. The monoisotopic (exact) mass is 235 g/mol. The molecule has 0 unspecified atom stereocenters. The highest BCUT2D eigenvalue weighted by Gasteiger charge is 2.17. The molecule has 0 atom stereocenters. The third-order valence-corrected chi connectivity index (χ3v) is 3.16. The van der Waals surface area contributed by atoms with Gasteiger partial charge in [0.25, 0.3) is 0 Å². The van der Waals surface area contributed by atoms with E-state index in [0.29, 0.717) is 4.99 Å². The smallest absolute Gasteiger partial charge is 0.139 e. The molecule has 2 N–H and O–H groups in total. The Morgan fingerprint density at radius 1 is 1.31 bits per heavy atom. The molecule has 0 saturated carbocycles. The van der Waals surface area contributed by atoms with Crippen LogP contribution in [0.5, 0.6) is 0 Å². The van der Waals surface area contributed by atoms with Crippen LogP contribution in [-0.4, -0.2) is 23.1 Å². The SMILES string of the molecule is Cc1ccc(C(N)=S)c(N2CCCCC2)n1. The molecule has 2 heterocycles. The van der Waals surface area contributed by atoms with Crippen molar-refractivity contribution in [2.45, 2.75) is 26.2 Å². The number of nitrogens with zero attached hydrogens (tertiary/aromatic N) is 2. The molecule has 0 amide bonds. The first kappa shape index (κ1) is 11.3. The third kappa shape index (κ3) is 2.32. The number of thiocarbonyl (C=S) groups is 1. The molecule has 1 aliphatic rings. The summed E-state index contributed by atoms with van der Waals surface area (Å²) in [6, 6.07) is 3.94. The van der Waals surface area contributed by atoms with Gasteiger partial charge in [-0.05, 0) is 38.3 Å². The maximum atomic E-state index is 5.74. The molecule has 1 fully saturated rings. The maximum Gasteiger partial charge on any atom is 0.139 e. The zero-order chi connectivity index (χ0) is 11.5. The molecular formula is C12H17N3S. The lowest BCUT2D eigenvalue weighted by atomic mass is 10.1. The minimum Gasteiger partial charge on any atom is -0.389 e. The highest BCUT2D eigenvalue weighted by atomic mass is 32.1. The zero-order valence-electron chi connectivity index (χ0n) is 9.57. The molecule has 86 valence electrons. The van der Waals surface area contributed by atoms with Crippen LogP contribution in [0.1, 0.15) is 30.5 Å². The Hall–Kier alpha value is -1.16. The van der Waals surface area contributed by atoms with Gasteiger partial charge in [-0.3, -0.25) is 0 Å². The topological polar surface area (TPSA) is 42.1 Å². The molecule has 1 aliphatic heterocycles. The van der Waals surface area contributed by atoms with Crippen LogP contribution in [0.15, 0.2) is 12.1 Å². The molecule has 0 bridgehead atoms. The minimum absolute atomic E-state index is 0.438. The van der Waals surface area contributed by atoms with E-state index in [1.165, 1.54) is 19.3 Å². The van der Waals surface area contributed by atoms with E-state index in [2.05, 4.69) is 9.88 Å². The van der Waals surface area contributed by atoms with E-state index in [4.69, 9.17) is 18.0 Å². The lowest BCUT2D eigenvalue weighted by Crippen LogP contribution is -2.32. The van der Waals surface area contributed by atoms with Gasteiger partial charge >= 0.3 is 0 Å². The first-order valence-electron chi connectivity index (χ1n) is 5.71. The molecule has 16 heavy (non-hydrogen) atoms. The second kappa shape index (κ2) is 4.78. The number of hydrogen-bond donors (Lipinski definition) is 1. The second-order valence-corrected chi connectivity index (χ2v) is 4.68. The highest BCUT2D eigenvalue weighted by molar-refractivity contribution is 7.80. The molecule has 4 heteroatoms.